The highest BCUT2D eigenvalue weighted by Gasteiger charge is 2.18. The van der Waals surface area contributed by atoms with Crippen LogP contribution in [0.5, 0.6) is 0 Å². The fourth-order valence-corrected chi connectivity index (χ4v) is 3.81. The van der Waals surface area contributed by atoms with Gasteiger partial charge < -0.3 is 15.7 Å². The second kappa shape index (κ2) is 7.29. The molecule has 122 valence electrons. The molecule has 0 unspecified atom stereocenters. The average molecular weight is 358 g/mol. The number of hydrogen-bond donors (Lipinski definition) is 3. The summed E-state index contributed by atoms with van der Waals surface area (Å²) in [4.78, 5) is 24.4. The average Bonchev–Trinajstić information content (AvgIpc) is 3.23. The van der Waals surface area contributed by atoms with E-state index < -0.39 is 12.0 Å². The molecule has 5 nitrogen and oxygen atoms in total. The molecule has 0 aliphatic heterocycles. The van der Waals surface area contributed by atoms with Crippen molar-refractivity contribution in [1.82, 2.24) is 5.32 Å². The molecule has 0 atom stereocenters. The molecular formula is C17H14N2O3S2. The zero-order valence-corrected chi connectivity index (χ0v) is 14.1. The van der Waals surface area contributed by atoms with Gasteiger partial charge in [0, 0.05) is 17.0 Å². The smallest absolute Gasteiger partial charge is 0.348 e. The number of rotatable bonds is 5. The summed E-state index contributed by atoms with van der Waals surface area (Å²) in [6.07, 6.45) is 0. The Labute approximate surface area is 146 Å². The predicted octanol–water partition coefficient (Wildman–Crippen LogP) is 4.50. The number of anilines is 1. The number of carbonyl (C=O) groups excluding carboxylic acids is 1. The van der Waals surface area contributed by atoms with Gasteiger partial charge >= 0.3 is 12.0 Å². The standard InChI is InChI=1S/C17H14N2O3S2/c20-16(21)15-13(8-14(24-15)12-6-7-23-10-12)19-17(22)18-9-11-4-2-1-3-5-11/h1-8,10H,9H2,(H,20,21)(H2,18,19,22). The van der Waals surface area contributed by atoms with E-state index in [2.05, 4.69) is 10.6 Å². The van der Waals surface area contributed by atoms with Crippen molar-refractivity contribution in [2.24, 2.45) is 0 Å². The maximum Gasteiger partial charge on any atom is 0.348 e. The Hall–Kier alpha value is -2.64. The molecule has 0 spiro atoms. The number of hydrogen-bond acceptors (Lipinski definition) is 4. The number of carboxylic acid groups (broad SMARTS) is 1. The van der Waals surface area contributed by atoms with Crippen LogP contribution in [0.2, 0.25) is 0 Å². The normalized spacial score (nSPS) is 10.3. The van der Waals surface area contributed by atoms with Crippen LogP contribution in [0.4, 0.5) is 10.5 Å². The van der Waals surface area contributed by atoms with Crippen LogP contribution in [-0.2, 0) is 6.54 Å². The number of urea groups is 1. The Morgan fingerprint density at radius 3 is 2.58 bits per heavy atom. The molecule has 0 bridgehead atoms. The molecule has 0 saturated heterocycles. The van der Waals surface area contributed by atoms with Gasteiger partial charge in [-0.1, -0.05) is 30.3 Å². The lowest BCUT2D eigenvalue weighted by atomic mass is 10.2. The summed E-state index contributed by atoms with van der Waals surface area (Å²) in [5, 5.41) is 18.6. The quantitative estimate of drug-likeness (QED) is 0.628. The molecule has 7 heteroatoms. The van der Waals surface area contributed by atoms with Crippen molar-refractivity contribution in [1.29, 1.82) is 0 Å². The van der Waals surface area contributed by atoms with E-state index in [1.54, 1.807) is 6.07 Å². The molecule has 0 radical (unpaired) electrons. The van der Waals surface area contributed by atoms with E-state index in [4.69, 9.17) is 0 Å². The summed E-state index contributed by atoms with van der Waals surface area (Å²) in [6.45, 7) is 0.372. The Morgan fingerprint density at radius 2 is 1.92 bits per heavy atom. The van der Waals surface area contributed by atoms with Crippen LogP contribution in [0.1, 0.15) is 15.2 Å². The number of amides is 2. The molecular weight excluding hydrogens is 344 g/mol. The van der Waals surface area contributed by atoms with Crippen LogP contribution in [0.3, 0.4) is 0 Å². The molecule has 3 rings (SSSR count). The zero-order valence-electron chi connectivity index (χ0n) is 12.5. The lowest BCUT2D eigenvalue weighted by Crippen LogP contribution is -2.28. The highest BCUT2D eigenvalue weighted by molar-refractivity contribution is 7.18. The minimum atomic E-state index is -1.06. The van der Waals surface area contributed by atoms with Crippen molar-refractivity contribution in [3.05, 3.63) is 63.7 Å². The molecule has 0 aliphatic rings. The number of carbonyl (C=O) groups is 2. The minimum absolute atomic E-state index is 0.117. The Morgan fingerprint density at radius 1 is 1.12 bits per heavy atom. The Balaban J connectivity index is 1.71. The number of thiophene rings is 2. The van der Waals surface area contributed by atoms with Crippen LogP contribution in [0, 0.1) is 0 Å². The van der Waals surface area contributed by atoms with E-state index in [0.717, 1.165) is 27.3 Å². The molecule has 2 amide bonds. The maximum absolute atomic E-state index is 12.0. The second-order valence-electron chi connectivity index (χ2n) is 4.96. The largest absolute Gasteiger partial charge is 0.477 e. The molecule has 2 heterocycles. The third kappa shape index (κ3) is 3.81. The van der Waals surface area contributed by atoms with Crippen LogP contribution in [0.25, 0.3) is 10.4 Å². The van der Waals surface area contributed by atoms with Gasteiger partial charge in [0.05, 0.1) is 5.69 Å². The number of benzene rings is 1. The van der Waals surface area contributed by atoms with Crippen LogP contribution >= 0.6 is 22.7 Å². The number of aromatic carboxylic acids is 1. The molecule has 3 aromatic rings. The van der Waals surface area contributed by atoms with Crippen molar-refractivity contribution in [2.45, 2.75) is 6.54 Å². The van der Waals surface area contributed by atoms with Crippen molar-refractivity contribution < 1.29 is 14.7 Å². The summed E-state index contributed by atoms with van der Waals surface area (Å²) in [6, 6.07) is 12.7. The maximum atomic E-state index is 12.0. The van der Waals surface area contributed by atoms with E-state index in [0.29, 0.717) is 12.2 Å². The Bertz CT molecular complexity index is 842. The van der Waals surface area contributed by atoms with Gasteiger partial charge in [0.25, 0.3) is 0 Å². The molecule has 0 fully saturated rings. The second-order valence-corrected chi connectivity index (χ2v) is 6.80. The minimum Gasteiger partial charge on any atom is -0.477 e. The van der Waals surface area contributed by atoms with E-state index in [1.807, 2.05) is 47.2 Å². The molecule has 3 N–H and O–H groups in total. The fraction of sp³-hybridized carbons (Fsp3) is 0.0588. The SMILES string of the molecule is O=C(NCc1ccccc1)Nc1cc(-c2ccsc2)sc1C(=O)O. The molecule has 24 heavy (non-hydrogen) atoms. The first-order valence-corrected chi connectivity index (χ1v) is 8.88. The lowest BCUT2D eigenvalue weighted by Gasteiger charge is -2.07. The fourth-order valence-electron chi connectivity index (χ4n) is 2.13. The number of nitrogens with one attached hydrogen (secondary N) is 2. The van der Waals surface area contributed by atoms with Crippen LogP contribution < -0.4 is 10.6 Å². The van der Waals surface area contributed by atoms with E-state index in [-0.39, 0.29) is 4.88 Å². The summed E-state index contributed by atoms with van der Waals surface area (Å²) in [5.41, 5.74) is 2.22. The molecule has 1 aromatic carbocycles. The van der Waals surface area contributed by atoms with Gasteiger partial charge in [-0.25, -0.2) is 9.59 Å². The number of carboxylic acids is 1. The first-order chi connectivity index (χ1) is 11.6. The first kappa shape index (κ1) is 16.2. The third-order valence-corrected chi connectivity index (χ3v) is 5.13. The molecule has 0 saturated carbocycles. The molecule has 2 aromatic heterocycles. The Kier molecular flexibility index (Phi) is 4.93. The van der Waals surface area contributed by atoms with E-state index in [1.165, 1.54) is 11.3 Å². The molecule has 0 aliphatic carbocycles. The van der Waals surface area contributed by atoms with Crippen molar-refractivity contribution >= 4 is 40.4 Å². The van der Waals surface area contributed by atoms with Crippen LogP contribution in [-0.4, -0.2) is 17.1 Å². The van der Waals surface area contributed by atoms with E-state index >= 15 is 0 Å². The van der Waals surface area contributed by atoms with Gasteiger partial charge in [-0.15, -0.1) is 11.3 Å². The van der Waals surface area contributed by atoms with Crippen molar-refractivity contribution in [3.63, 3.8) is 0 Å². The van der Waals surface area contributed by atoms with Crippen LogP contribution in [0.15, 0.2) is 53.2 Å². The lowest BCUT2D eigenvalue weighted by molar-refractivity contribution is 0.0703. The van der Waals surface area contributed by atoms with E-state index in [9.17, 15) is 14.7 Å². The summed E-state index contributed by atoms with van der Waals surface area (Å²) >= 11 is 2.68. The van der Waals surface area contributed by atoms with Gasteiger partial charge in [-0.3, -0.25) is 0 Å². The highest BCUT2D eigenvalue weighted by Crippen LogP contribution is 2.35. The summed E-state index contributed by atoms with van der Waals surface area (Å²) < 4.78 is 0. The summed E-state index contributed by atoms with van der Waals surface area (Å²) in [7, 11) is 0. The summed E-state index contributed by atoms with van der Waals surface area (Å²) in [5.74, 6) is -1.06. The van der Waals surface area contributed by atoms with Gasteiger partial charge in [0.2, 0.25) is 0 Å². The predicted molar refractivity (Wildman–Crippen MR) is 96.9 cm³/mol. The third-order valence-electron chi connectivity index (χ3n) is 3.28. The van der Waals surface area contributed by atoms with Gasteiger partial charge in [-0.2, -0.15) is 11.3 Å². The monoisotopic (exact) mass is 358 g/mol. The van der Waals surface area contributed by atoms with Gasteiger partial charge in [-0.05, 0) is 28.5 Å². The topological polar surface area (TPSA) is 78.4 Å². The zero-order chi connectivity index (χ0) is 16.9. The van der Waals surface area contributed by atoms with Gasteiger partial charge in [0.15, 0.2) is 0 Å². The highest BCUT2D eigenvalue weighted by atomic mass is 32.1. The van der Waals surface area contributed by atoms with Crippen molar-refractivity contribution in [2.75, 3.05) is 5.32 Å². The van der Waals surface area contributed by atoms with Gasteiger partial charge in [0.1, 0.15) is 4.88 Å². The van der Waals surface area contributed by atoms with Crippen molar-refractivity contribution in [3.8, 4) is 10.4 Å². The first-order valence-electron chi connectivity index (χ1n) is 7.12.